The molecular formula is C14H15ClN2OS. The minimum absolute atomic E-state index is 0.710. The molecule has 3 nitrogen and oxygen atoms in total. The van der Waals surface area contributed by atoms with Gasteiger partial charge in [0.15, 0.2) is 5.76 Å². The second-order valence-corrected chi connectivity index (χ2v) is 6.13. The molecule has 100 valence electrons. The highest BCUT2D eigenvalue weighted by Crippen LogP contribution is 2.25. The van der Waals surface area contributed by atoms with Gasteiger partial charge in [0.05, 0.1) is 11.9 Å². The normalized spacial score (nSPS) is 15.4. The lowest BCUT2D eigenvalue weighted by molar-refractivity contribution is 0.385. The van der Waals surface area contributed by atoms with Crippen molar-refractivity contribution in [3.05, 3.63) is 41.4 Å². The first-order valence-corrected chi connectivity index (χ1v) is 7.83. The van der Waals surface area contributed by atoms with Crippen LogP contribution < -0.4 is 5.32 Å². The number of rotatable bonds is 5. The van der Waals surface area contributed by atoms with E-state index < -0.39 is 0 Å². The number of thioether (sulfide) groups is 1. The van der Waals surface area contributed by atoms with Gasteiger partial charge in [0, 0.05) is 10.6 Å². The molecule has 1 aliphatic heterocycles. The largest absolute Gasteiger partial charge is 0.440 e. The van der Waals surface area contributed by atoms with Gasteiger partial charge in [-0.2, -0.15) is 11.8 Å². The average molecular weight is 295 g/mol. The van der Waals surface area contributed by atoms with E-state index in [1.54, 1.807) is 6.20 Å². The highest BCUT2D eigenvalue weighted by Gasteiger charge is 2.16. The van der Waals surface area contributed by atoms with Crippen LogP contribution in [-0.4, -0.2) is 23.8 Å². The molecule has 0 aliphatic carbocycles. The maximum absolute atomic E-state index is 5.97. The van der Waals surface area contributed by atoms with Crippen LogP contribution in [-0.2, 0) is 5.75 Å². The molecule has 0 spiro atoms. The first kappa shape index (κ1) is 13.0. The van der Waals surface area contributed by atoms with Crippen molar-refractivity contribution in [2.24, 2.45) is 5.92 Å². The Labute approximate surface area is 121 Å². The number of nitrogens with one attached hydrogen (secondary N) is 1. The maximum Gasteiger partial charge on any atom is 0.204 e. The van der Waals surface area contributed by atoms with Crippen molar-refractivity contribution in [3.63, 3.8) is 0 Å². The highest BCUT2D eigenvalue weighted by atomic mass is 35.5. The van der Waals surface area contributed by atoms with E-state index in [0.717, 1.165) is 42.0 Å². The standard InChI is InChI=1S/C14H15ClN2OS/c15-12-3-1-2-11(4-12)13-7-17-14(18-13)9-19-8-10-5-16-6-10/h1-4,7,10,16H,5-6,8-9H2. The third-order valence-electron chi connectivity index (χ3n) is 3.11. The summed E-state index contributed by atoms with van der Waals surface area (Å²) in [7, 11) is 0. The van der Waals surface area contributed by atoms with Gasteiger partial charge in [-0.3, -0.25) is 0 Å². The van der Waals surface area contributed by atoms with Gasteiger partial charge in [-0.05, 0) is 36.9 Å². The molecular weight excluding hydrogens is 280 g/mol. The molecule has 19 heavy (non-hydrogen) atoms. The quantitative estimate of drug-likeness (QED) is 0.916. The van der Waals surface area contributed by atoms with Crippen molar-refractivity contribution in [3.8, 4) is 11.3 Å². The first-order chi connectivity index (χ1) is 9.31. The van der Waals surface area contributed by atoms with E-state index in [-0.39, 0.29) is 0 Å². The van der Waals surface area contributed by atoms with Gasteiger partial charge < -0.3 is 9.73 Å². The van der Waals surface area contributed by atoms with Gasteiger partial charge in [-0.1, -0.05) is 23.7 Å². The molecule has 0 unspecified atom stereocenters. The number of benzene rings is 1. The predicted molar refractivity (Wildman–Crippen MR) is 79.5 cm³/mol. The minimum Gasteiger partial charge on any atom is -0.440 e. The summed E-state index contributed by atoms with van der Waals surface area (Å²) in [4.78, 5) is 4.32. The average Bonchev–Trinajstić information content (AvgIpc) is 2.81. The summed E-state index contributed by atoms with van der Waals surface area (Å²) in [5.74, 6) is 4.38. The van der Waals surface area contributed by atoms with E-state index >= 15 is 0 Å². The van der Waals surface area contributed by atoms with Crippen LogP contribution >= 0.6 is 23.4 Å². The van der Waals surface area contributed by atoms with Crippen molar-refractivity contribution in [2.75, 3.05) is 18.8 Å². The molecule has 1 aromatic heterocycles. The van der Waals surface area contributed by atoms with Crippen LogP contribution in [0.5, 0.6) is 0 Å². The fraction of sp³-hybridized carbons (Fsp3) is 0.357. The zero-order valence-electron chi connectivity index (χ0n) is 10.4. The number of oxazole rings is 1. The Kier molecular flexibility index (Phi) is 4.11. The zero-order chi connectivity index (χ0) is 13.1. The third-order valence-corrected chi connectivity index (χ3v) is 4.50. The van der Waals surface area contributed by atoms with Gasteiger partial charge in [-0.25, -0.2) is 4.98 Å². The summed E-state index contributed by atoms with van der Waals surface area (Å²) in [6.07, 6.45) is 1.77. The Morgan fingerprint density at radius 1 is 1.42 bits per heavy atom. The second kappa shape index (κ2) is 5.99. The monoisotopic (exact) mass is 294 g/mol. The Balaban J connectivity index is 1.59. The predicted octanol–water partition coefficient (Wildman–Crippen LogP) is 3.45. The SMILES string of the molecule is Clc1cccc(-c2cnc(CSCC3CNC3)o2)c1. The fourth-order valence-electron chi connectivity index (χ4n) is 1.93. The molecule has 0 bridgehead atoms. The number of aromatic nitrogens is 1. The number of hydrogen-bond donors (Lipinski definition) is 1. The zero-order valence-corrected chi connectivity index (χ0v) is 12.0. The van der Waals surface area contributed by atoms with Crippen LogP contribution in [0.1, 0.15) is 5.89 Å². The van der Waals surface area contributed by atoms with Crippen molar-refractivity contribution in [1.29, 1.82) is 0 Å². The lowest BCUT2D eigenvalue weighted by atomic mass is 10.1. The van der Waals surface area contributed by atoms with Gasteiger partial charge >= 0.3 is 0 Å². The van der Waals surface area contributed by atoms with Crippen molar-refractivity contribution in [2.45, 2.75) is 5.75 Å². The molecule has 0 atom stereocenters. The van der Waals surface area contributed by atoms with Crippen LogP contribution in [0.25, 0.3) is 11.3 Å². The second-order valence-electron chi connectivity index (χ2n) is 4.67. The summed E-state index contributed by atoms with van der Waals surface area (Å²) >= 11 is 7.85. The summed E-state index contributed by atoms with van der Waals surface area (Å²) in [6, 6.07) is 7.63. The van der Waals surface area contributed by atoms with Crippen molar-refractivity contribution in [1.82, 2.24) is 10.3 Å². The van der Waals surface area contributed by atoms with E-state index in [0.29, 0.717) is 5.02 Å². The Bertz CT molecular complexity index is 554. The molecule has 5 heteroatoms. The van der Waals surface area contributed by atoms with Crippen LogP contribution in [0, 0.1) is 5.92 Å². The lowest BCUT2D eigenvalue weighted by Crippen LogP contribution is -2.43. The molecule has 0 saturated carbocycles. The molecule has 1 aromatic carbocycles. The van der Waals surface area contributed by atoms with E-state index in [1.807, 2.05) is 36.0 Å². The minimum atomic E-state index is 0.710. The molecule has 0 amide bonds. The Hall–Kier alpha value is -0.970. The van der Waals surface area contributed by atoms with Crippen LogP contribution in [0.4, 0.5) is 0 Å². The van der Waals surface area contributed by atoms with E-state index in [4.69, 9.17) is 16.0 Å². The van der Waals surface area contributed by atoms with Crippen LogP contribution in [0.2, 0.25) is 5.02 Å². The third kappa shape index (κ3) is 3.32. The van der Waals surface area contributed by atoms with Crippen LogP contribution in [0.3, 0.4) is 0 Å². The molecule has 1 aliphatic rings. The molecule has 1 N–H and O–H groups in total. The molecule has 0 radical (unpaired) electrons. The molecule has 2 heterocycles. The summed E-state index contributed by atoms with van der Waals surface area (Å²) < 4.78 is 5.75. The lowest BCUT2D eigenvalue weighted by Gasteiger charge is -2.26. The van der Waals surface area contributed by atoms with Crippen molar-refractivity contribution >= 4 is 23.4 Å². The fourth-order valence-corrected chi connectivity index (χ4v) is 3.12. The highest BCUT2D eigenvalue weighted by molar-refractivity contribution is 7.98. The smallest absolute Gasteiger partial charge is 0.204 e. The number of hydrogen-bond acceptors (Lipinski definition) is 4. The topological polar surface area (TPSA) is 38.1 Å². The van der Waals surface area contributed by atoms with Gasteiger partial charge in [0.2, 0.25) is 5.89 Å². The van der Waals surface area contributed by atoms with E-state index in [2.05, 4.69) is 10.3 Å². The molecule has 2 aromatic rings. The number of halogens is 1. The summed E-state index contributed by atoms with van der Waals surface area (Å²) in [5, 5.41) is 3.99. The Morgan fingerprint density at radius 2 is 2.32 bits per heavy atom. The number of nitrogens with zero attached hydrogens (tertiary/aromatic N) is 1. The van der Waals surface area contributed by atoms with Crippen LogP contribution in [0.15, 0.2) is 34.9 Å². The van der Waals surface area contributed by atoms with Gasteiger partial charge in [-0.15, -0.1) is 0 Å². The van der Waals surface area contributed by atoms with Crippen molar-refractivity contribution < 1.29 is 4.42 Å². The van der Waals surface area contributed by atoms with Gasteiger partial charge in [0.25, 0.3) is 0 Å². The molecule has 1 fully saturated rings. The summed E-state index contributed by atoms with van der Waals surface area (Å²) in [6.45, 7) is 2.29. The van der Waals surface area contributed by atoms with E-state index in [9.17, 15) is 0 Å². The van der Waals surface area contributed by atoms with Gasteiger partial charge in [0.1, 0.15) is 0 Å². The first-order valence-electron chi connectivity index (χ1n) is 6.30. The Morgan fingerprint density at radius 3 is 3.05 bits per heavy atom. The molecule has 3 rings (SSSR count). The maximum atomic E-state index is 5.97. The molecule has 1 saturated heterocycles. The summed E-state index contributed by atoms with van der Waals surface area (Å²) in [5.41, 5.74) is 0.972. The van der Waals surface area contributed by atoms with E-state index in [1.165, 1.54) is 5.75 Å².